The monoisotopic (exact) mass is 492 g/mol. The Morgan fingerprint density at radius 2 is 1.89 bits per heavy atom. The lowest BCUT2D eigenvalue weighted by molar-refractivity contribution is -0.137. The van der Waals surface area contributed by atoms with Crippen molar-refractivity contribution in [3.8, 4) is 11.3 Å². The molecule has 0 atom stereocenters. The first-order valence-corrected chi connectivity index (χ1v) is 10.9. The van der Waals surface area contributed by atoms with Crippen molar-refractivity contribution in [2.45, 2.75) is 26.2 Å². The maximum absolute atomic E-state index is 13.6. The molecular formula is C25H19F3N6O2. The van der Waals surface area contributed by atoms with Crippen LogP contribution in [0.5, 0.6) is 0 Å². The molecule has 0 bridgehead atoms. The van der Waals surface area contributed by atoms with Crippen LogP contribution in [-0.4, -0.2) is 30.8 Å². The fourth-order valence-corrected chi connectivity index (χ4v) is 3.98. The third-order valence-electron chi connectivity index (χ3n) is 5.63. The molecule has 0 saturated heterocycles. The maximum Gasteiger partial charge on any atom is 0.417 e. The van der Waals surface area contributed by atoms with Crippen LogP contribution in [-0.2, 0) is 19.3 Å². The average molecular weight is 492 g/mol. The van der Waals surface area contributed by atoms with Gasteiger partial charge in [0, 0.05) is 12.1 Å². The number of nitrogens with zero attached hydrogens (tertiary/aromatic N) is 5. The van der Waals surface area contributed by atoms with Crippen molar-refractivity contribution in [2.75, 3.05) is 0 Å². The summed E-state index contributed by atoms with van der Waals surface area (Å²) in [4.78, 5) is 21.4. The lowest BCUT2D eigenvalue weighted by Gasteiger charge is -2.13. The van der Waals surface area contributed by atoms with Crippen molar-refractivity contribution in [3.63, 3.8) is 0 Å². The Morgan fingerprint density at radius 3 is 2.67 bits per heavy atom. The van der Waals surface area contributed by atoms with Crippen molar-refractivity contribution in [1.82, 2.24) is 30.2 Å². The normalized spacial score (nSPS) is 11.7. The number of aryl methyl sites for hydroxylation is 1. The second kappa shape index (κ2) is 9.25. The molecule has 36 heavy (non-hydrogen) atoms. The smallest absolute Gasteiger partial charge is 0.348 e. The van der Waals surface area contributed by atoms with Gasteiger partial charge in [-0.05, 0) is 30.2 Å². The van der Waals surface area contributed by atoms with Crippen molar-refractivity contribution < 1.29 is 22.5 Å². The predicted octanol–water partition coefficient (Wildman–Crippen LogP) is 4.79. The molecule has 0 radical (unpaired) electrons. The number of rotatable bonds is 6. The van der Waals surface area contributed by atoms with E-state index in [0.29, 0.717) is 17.6 Å². The molecule has 3 heterocycles. The number of halogens is 3. The molecule has 0 aliphatic heterocycles. The molecule has 5 aromatic rings. The zero-order valence-electron chi connectivity index (χ0n) is 19.0. The number of carbonyl (C=O) groups is 1. The average Bonchev–Trinajstić information content (AvgIpc) is 3.51. The van der Waals surface area contributed by atoms with Crippen molar-refractivity contribution in [1.29, 1.82) is 0 Å². The first-order chi connectivity index (χ1) is 17.3. The van der Waals surface area contributed by atoms with Crippen molar-refractivity contribution >= 4 is 17.0 Å². The van der Waals surface area contributed by atoms with Crippen molar-refractivity contribution in [2.24, 2.45) is 0 Å². The summed E-state index contributed by atoms with van der Waals surface area (Å²) in [6.45, 7) is 2.36. The van der Waals surface area contributed by atoms with Gasteiger partial charge >= 0.3 is 6.18 Å². The maximum atomic E-state index is 13.6. The molecule has 0 saturated carbocycles. The standard InChI is InChI=1S/C25H19F3N6O2/c1-15-22-19(23(35)30-11-16-5-4-6-17(9-16)12-34-14-29-13-31-34)10-21(32-24(22)36-33-15)18-7-2-3-8-20(18)25(26,27)28/h2-10,13-14H,11-12H2,1H3,(H,30,35). The van der Waals surface area contributed by atoms with Gasteiger partial charge in [-0.1, -0.05) is 47.6 Å². The molecule has 0 unspecified atom stereocenters. The lowest BCUT2D eigenvalue weighted by atomic mass is 10.0. The van der Waals surface area contributed by atoms with Gasteiger partial charge in [0.2, 0.25) is 0 Å². The lowest BCUT2D eigenvalue weighted by Crippen LogP contribution is -2.23. The summed E-state index contributed by atoms with van der Waals surface area (Å²) in [6.07, 6.45) is -1.53. The molecule has 0 aliphatic carbocycles. The van der Waals surface area contributed by atoms with E-state index in [1.165, 1.54) is 30.6 Å². The van der Waals surface area contributed by atoms with E-state index < -0.39 is 17.6 Å². The minimum Gasteiger partial charge on any atom is -0.348 e. The van der Waals surface area contributed by atoms with Crippen LogP contribution in [0.2, 0.25) is 0 Å². The number of carbonyl (C=O) groups excluding carboxylic acids is 1. The number of nitrogens with one attached hydrogen (secondary N) is 1. The summed E-state index contributed by atoms with van der Waals surface area (Å²) < 4.78 is 47.8. The number of pyridine rings is 1. The molecule has 0 fully saturated rings. The first-order valence-electron chi connectivity index (χ1n) is 10.9. The highest BCUT2D eigenvalue weighted by molar-refractivity contribution is 6.07. The van der Waals surface area contributed by atoms with Crippen LogP contribution in [0.3, 0.4) is 0 Å². The topological polar surface area (TPSA) is 98.7 Å². The van der Waals surface area contributed by atoms with E-state index in [2.05, 4.69) is 25.5 Å². The highest BCUT2D eigenvalue weighted by atomic mass is 19.4. The summed E-state index contributed by atoms with van der Waals surface area (Å²) in [5.74, 6) is -0.485. The van der Waals surface area contributed by atoms with Crippen LogP contribution >= 0.6 is 0 Å². The molecule has 3 aromatic heterocycles. The first kappa shape index (κ1) is 23.2. The van der Waals surface area contributed by atoms with Crippen LogP contribution in [0.1, 0.15) is 32.7 Å². The van der Waals surface area contributed by atoms with Gasteiger partial charge in [0.25, 0.3) is 11.6 Å². The van der Waals surface area contributed by atoms with Gasteiger partial charge < -0.3 is 9.84 Å². The van der Waals surface area contributed by atoms with Crippen molar-refractivity contribution in [3.05, 3.63) is 95.2 Å². The molecule has 11 heteroatoms. The summed E-state index contributed by atoms with van der Waals surface area (Å²) >= 11 is 0. The summed E-state index contributed by atoms with van der Waals surface area (Å²) in [5.41, 5.74) is 1.29. The number of hydrogen-bond donors (Lipinski definition) is 1. The van der Waals surface area contributed by atoms with E-state index in [9.17, 15) is 18.0 Å². The number of hydrogen-bond acceptors (Lipinski definition) is 6. The van der Waals surface area contributed by atoms with E-state index in [4.69, 9.17) is 4.52 Å². The minimum atomic E-state index is -4.59. The summed E-state index contributed by atoms with van der Waals surface area (Å²) in [7, 11) is 0. The van der Waals surface area contributed by atoms with Gasteiger partial charge in [0.15, 0.2) is 0 Å². The summed E-state index contributed by atoms with van der Waals surface area (Å²) in [6, 6.07) is 14.0. The number of fused-ring (bicyclic) bond motifs is 1. The second-order valence-electron chi connectivity index (χ2n) is 8.14. The third-order valence-corrected chi connectivity index (χ3v) is 5.63. The van der Waals surface area contributed by atoms with Gasteiger partial charge in [0.05, 0.1) is 34.4 Å². The highest BCUT2D eigenvalue weighted by Gasteiger charge is 2.34. The van der Waals surface area contributed by atoms with Gasteiger partial charge in [-0.3, -0.25) is 4.79 Å². The second-order valence-corrected chi connectivity index (χ2v) is 8.14. The zero-order chi connectivity index (χ0) is 25.3. The van der Waals surface area contributed by atoms with E-state index >= 15 is 0 Å². The number of aromatic nitrogens is 5. The fourth-order valence-electron chi connectivity index (χ4n) is 3.98. The Bertz CT molecular complexity index is 1540. The van der Waals surface area contributed by atoms with E-state index in [1.54, 1.807) is 17.9 Å². The predicted molar refractivity (Wildman–Crippen MR) is 124 cm³/mol. The number of amides is 1. The SMILES string of the molecule is Cc1noc2nc(-c3ccccc3C(F)(F)F)cc(C(=O)NCc3cccc(Cn4cncn4)c3)c12. The van der Waals surface area contributed by atoms with Gasteiger partial charge in [0.1, 0.15) is 12.7 Å². The van der Waals surface area contributed by atoms with Gasteiger partial charge in [-0.15, -0.1) is 0 Å². The Hall–Kier alpha value is -4.54. The van der Waals surface area contributed by atoms with Gasteiger partial charge in [-0.2, -0.15) is 18.3 Å². The fraction of sp³-hybridized carbons (Fsp3) is 0.160. The largest absolute Gasteiger partial charge is 0.417 e. The van der Waals surface area contributed by atoms with E-state index in [0.717, 1.165) is 17.2 Å². The summed E-state index contributed by atoms with van der Waals surface area (Å²) in [5, 5.41) is 11.1. The number of benzene rings is 2. The van der Waals surface area contributed by atoms with Crippen LogP contribution in [0.4, 0.5) is 13.2 Å². The molecule has 0 aliphatic rings. The highest BCUT2D eigenvalue weighted by Crippen LogP contribution is 2.37. The third kappa shape index (κ3) is 4.67. The molecule has 8 nitrogen and oxygen atoms in total. The molecular weight excluding hydrogens is 473 g/mol. The molecule has 2 aromatic carbocycles. The molecule has 182 valence electrons. The Kier molecular flexibility index (Phi) is 5.96. The van der Waals surface area contributed by atoms with E-state index in [-0.39, 0.29) is 29.1 Å². The molecule has 1 N–H and O–H groups in total. The molecule has 1 amide bonds. The zero-order valence-corrected chi connectivity index (χ0v) is 19.0. The Labute approximate surface area is 202 Å². The van der Waals surface area contributed by atoms with Crippen LogP contribution < -0.4 is 5.32 Å². The minimum absolute atomic E-state index is 0.0121. The van der Waals surface area contributed by atoms with E-state index in [1.807, 2.05) is 24.3 Å². The Balaban J connectivity index is 1.45. The van der Waals surface area contributed by atoms with Crippen LogP contribution in [0.15, 0.2) is 71.8 Å². The quantitative estimate of drug-likeness (QED) is 0.366. The Morgan fingerprint density at radius 1 is 1.08 bits per heavy atom. The molecule has 0 spiro atoms. The van der Waals surface area contributed by atoms with Crippen LogP contribution in [0, 0.1) is 6.92 Å². The van der Waals surface area contributed by atoms with Gasteiger partial charge in [-0.25, -0.2) is 14.6 Å². The molecule has 5 rings (SSSR count). The van der Waals surface area contributed by atoms with Crippen LogP contribution in [0.25, 0.3) is 22.4 Å². The number of alkyl halides is 3.